The van der Waals surface area contributed by atoms with Gasteiger partial charge in [0.2, 0.25) is 0 Å². The predicted octanol–water partition coefficient (Wildman–Crippen LogP) is 1.49. The van der Waals surface area contributed by atoms with Gasteiger partial charge in [-0.2, -0.15) is 0 Å². The molecule has 1 N–H and O–H groups in total. The van der Waals surface area contributed by atoms with Gasteiger partial charge in [-0.05, 0) is 39.2 Å². The van der Waals surface area contributed by atoms with Gasteiger partial charge in [0.25, 0.3) is 0 Å². The van der Waals surface area contributed by atoms with Crippen LogP contribution in [0, 0.1) is 5.92 Å². The smallest absolute Gasteiger partial charge is 0.0902 e. The Morgan fingerprint density at radius 2 is 2.12 bits per heavy atom. The summed E-state index contributed by atoms with van der Waals surface area (Å²) in [4.78, 5) is 2.59. The van der Waals surface area contributed by atoms with Crippen LogP contribution in [0.2, 0.25) is 0 Å². The van der Waals surface area contributed by atoms with Gasteiger partial charge in [-0.3, -0.25) is 4.90 Å². The Morgan fingerprint density at radius 3 is 2.75 bits per heavy atom. The minimum atomic E-state index is 0.116. The number of likely N-dealkylation sites (tertiary alicyclic amines) is 1. The molecule has 0 aliphatic carbocycles. The molecule has 0 amide bonds. The number of hydrogen-bond donors (Lipinski definition) is 1. The molecule has 16 heavy (non-hydrogen) atoms. The van der Waals surface area contributed by atoms with Crippen molar-refractivity contribution >= 4 is 0 Å². The molecular formula is C13H26N2O. The van der Waals surface area contributed by atoms with Gasteiger partial charge in [-0.1, -0.05) is 6.92 Å². The minimum absolute atomic E-state index is 0.116. The molecule has 0 aromatic rings. The van der Waals surface area contributed by atoms with E-state index in [1.807, 2.05) is 0 Å². The van der Waals surface area contributed by atoms with E-state index < -0.39 is 0 Å². The molecule has 2 atom stereocenters. The summed E-state index contributed by atoms with van der Waals surface area (Å²) in [5, 5.41) is 3.27. The van der Waals surface area contributed by atoms with E-state index in [-0.39, 0.29) is 5.60 Å². The predicted molar refractivity (Wildman–Crippen MR) is 66.7 cm³/mol. The third kappa shape index (κ3) is 2.76. The van der Waals surface area contributed by atoms with Crippen molar-refractivity contribution in [1.29, 1.82) is 0 Å². The SMILES string of the molecule is CC1CCCN(CCOC2(C)CNC2)C1C. The summed E-state index contributed by atoms with van der Waals surface area (Å²) in [6, 6.07) is 0.727. The van der Waals surface area contributed by atoms with Gasteiger partial charge in [0.1, 0.15) is 0 Å². The van der Waals surface area contributed by atoms with Crippen LogP contribution in [0.3, 0.4) is 0 Å². The van der Waals surface area contributed by atoms with Gasteiger partial charge in [0.05, 0.1) is 12.2 Å². The van der Waals surface area contributed by atoms with Crippen molar-refractivity contribution < 1.29 is 4.74 Å². The van der Waals surface area contributed by atoms with Gasteiger partial charge in [-0.15, -0.1) is 0 Å². The molecule has 0 aromatic heterocycles. The maximum Gasteiger partial charge on any atom is 0.0902 e. The first-order valence-electron chi connectivity index (χ1n) is 6.69. The van der Waals surface area contributed by atoms with E-state index in [4.69, 9.17) is 4.74 Å². The quantitative estimate of drug-likeness (QED) is 0.786. The van der Waals surface area contributed by atoms with Crippen molar-refractivity contribution in [2.75, 3.05) is 32.8 Å². The second-order valence-electron chi connectivity index (χ2n) is 5.80. The highest BCUT2D eigenvalue weighted by Gasteiger charge is 2.32. The summed E-state index contributed by atoms with van der Waals surface area (Å²) >= 11 is 0. The fourth-order valence-electron chi connectivity index (χ4n) is 2.72. The molecule has 2 unspecified atom stereocenters. The third-order valence-corrected chi connectivity index (χ3v) is 4.33. The van der Waals surface area contributed by atoms with Crippen molar-refractivity contribution in [2.24, 2.45) is 5.92 Å². The number of nitrogens with zero attached hydrogens (tertiary/aromatic N) is 1. The monoisotopic (exact) mass is 226 g/mol. The van der Waals surface area contributed by atoms with Crippen LogP contribution < -0.4 is 5.32 Å². The van der Waals surface area contributed by atoms with Crippen LogP contribution in [0.25, 0.3) is 0 Å². The molecule has 2 aliphatic rings. The van der Waals surface area contributed by atoms with Crippen molar-refractivity contribution in [1.82, 2.24) is 10.2 Å². The Labute approximate surface area is 99.5 Å². The molecule has 0 bridgehead atoms. The molecule has 3 nitrogen and oxygen atoms in total. The molecule has 2 heterocycles. The van der Waals surface area contributed by atoms with E-state index in [1.165, 1.54) is 19.4 Å². The Balaban J connectivity index is 1.68. The minimum Gasteiger partial charge on any atom is -0.371 e. The Morgan fingerprint density at radius 1 is 1.38 bits per heavy atom. The molecule has 0 spiro atoms. The topological polar surface area (TPSA) is 24.5 Å². The first kappa shape index (κ1) is 12.3. The van der Waals surface area contributed by atoms with E-state index in [2.05, 4.69) is 31.0 Å². The van der Waals surface area contributed by atoms with Gasteiger partial charge < -0.3 is 10.1 Å². The van der Waals surface area contributed by atoms with Crippen LogP contribution in [-0.2, 0) is 4.74 Å². The zero-order chi connectivity index (χ0) is 11.6. The molecule has 0 saturated carbocycles. The van der Waals surface area contributed by atoms with Crippen LogP contribution in [0.5, 0.6) is 0 Å². The van der Waals surface area contributed by atoms with Gasteiger partial charge in [0.15, 0.2) is 0 Å². The maximum atomic E-state index is 5.95. The lowest BCUT2D eigenvalue weighted by Gasteiger charge is -2.41. The lowest BCUT2D eigenvalue weighted by atomic mass is 9.92. The highest BCUT2D eigenvalue weighted by Crippen LogP contribution is 2.23. The first-order chi connectivity index (χ1) is 7.61. The molecule has 2 aliphatic heterocycles. The standard InChI is InChI=1S/C13H26N2O/c1-11-5-4-6-15(12(11)2)7-8-16-13(3)9-14-10-13/h11-12,14H,4-10H2,1-3H3. The van der Waals surface area contributed by atoms with Crippen LogP contribution in [0.4, 0.5) is 0 Å². The highest BCUT2D eigenvalue weighted by molar-refractivity contribution is 4.90. The highest BCUT2D eigenvalue weighted by atomic mass is 16.5. The molecule has 3 heteroatoms. The summed E-state index contributed by atoms with van der Waals surface area (Å²) in [7, 11) is 0. The number of hydrogen-bond acceptors (Lipinski definition) is 3. The van der Waals surface area contributed by atoms with Crippen molar-refractivity contribution in [2.45, 2.75) is 45.3 Å². The zero-order valence-electron chi connectivity index (χ0n) is 11.0. The maximum absolute atomic E-state index is 5.95. The summed E-state index contributed by atoms with van der Waals surface area (Å²) in [5.74, 6) is 0.842. The van der Waals surface area contributed by atoms with Crippen LogP contribution in [0.15, 0.2) is 0 Å². The fraction of sp³-hybridized carbons (Fsp3) is 1.00. The number of ether oxygens (including phenoxy) is 1. The van der Waals surface area contributed by atoms with Crippen molar-refractivity contribution in [3.63, 3.8) is 0 Å². The van der Waals surface area contributed by atoms with Gasteiger partial charge >= 0.3 is 0 Å². The third-order valence-electron chi connectivity index (χ3n) is 4.33. The van der Waals surface area contributed by atoms with E-state index in [0.29, 0.717) is 0 Å². The first-order valence-corrected chi connectivity index (χ1v) is 6.69. The molecule has 0 radical (unpaired) electrons. The normalized spacial score (nSPS) is 34.7. The average Bonchev–Trinajstić information content (AvgIpc) is 2.22. The van der Waals surface area contributed by atoms with Crippen molar-refractivity contribution in [3.8, 4) is 0 Å². The van der Waals surface area contributed by atoms with Crippen LogP contribution >= 0.6 is 0 Å². The van der Waals surface area contributed by atoms with Gasteiger partial charge in [0, 0.05) is 25.7 Å². The molecule has 2 rings (SSSR count). The van der Waals surface area contributed by atoms with E-state index in [0.717, 1.165) is 38.2 Å². The van der Waals surface area contributed by atoms with Crippen molar-refractivity contribution in [3.05, 3.63) is 0 Å². The second-order valence-corrected chi connectivity index (χ2v) is 5.80. The van der Waals surface area contributed by atoms with E-state index in [9.17, 15) is 0 Å². The summed E-state index contributed by atoms with van der Waals surface area (Å²) in [6.45, 7) is 12.2. The zero-order valence-corrected chi connectivity index (χ0v) is 11.0. The number of nitrogens with one attached hydrogen (secondary N) is 1. The second kappa shape index (κ2) is 5.03. The molecule has 94 valence electrons. The number of rotatable bonds is 4. The van der Waals surface area contributed by atoms with E-state index >= 15 is 0 Å². The summed E-state index contributed by atoms with van der Waals surface area (Å²) in [5.41, 5.74) is 0.116. The lowest BCUT2D eigenvalue weighted by molar-refractivity contribution is -0.0770. The van der Waals surface area contributed by atoms with Crippen LogP contribution in [-0.4, -0.2) is 49.3 Å². The Bertz CT molecular complexity index is 228. The molecular weight excluding hydrogens is 200 g/mol. The Hall–Kier alpha value is -0.120. The van der Waals surface area contributed by atoms with E-state index in [1.54, 1.807) is 0 Å². The summed E-state index contributed by atoms with van der Waals surface area (Å²) < 4.78 is 5.95. The molecule has 2 saturated heterocycles. The average molecular weight is 226 g/mol. The molecule has 0 aromatic carbocycles. The van der Waals surface area contributed by atoms with Gasteiger partial charge in [-0.25, -0.2) is 0 Å². The summed E-state index contributed by atoms with van der Waals surface area (Å²) in [6.07, 6.45) is 2.74. The molecule has 2 fully saturated rings. The Kier molecular flexibility index (Phi) is 3.88. The fourth-order valence-corrected chi connectivity index (χ4v) is 2.72. The number of piperidine rings is 1. The van der Waals surface area contributed by atoms with Crippen LogP contribution in [0.1, 0.15) is 33.6 Å². The largest absolute Gasteiger partial charge is 0.371 e. The lowest BCUT2D eigenvalue weighted by Crippen LogP contribution is -2.59.